The first-order valence-corrected chi connectivity index (χ1v) is 8.13. The van der Waals surface area contributed by atoms with Gasteiger partial charge in [-0.25, -0.2) is 8.78 Å². The maximum absolute atomic E-state index is 14.8. The van der Waals surface area contributed by atoms with Gasteiger partial charge in [-0.3, -0.25) is 4.79 Å². The number of hydrogen-bond donors (Lipinski definition) is 0. The molecule has 0 aromatic heterocycles. The molecule has 0 bridgehead atoms. The highest BCUT2D eigenvalue weighted by molar-refractivity contribution is 9.10. The number of carbonyl (C=O) groups excluding carboxylic acids is 1. The van der Waals surface area contributed by atoms with Crippen molar-refractivity contribution in [3.63, 3.8) is 0 Å². The first kappa shape index (κ1) is 16.4. The zero-order chi connectivity index (χ0) is 15.5. The van der Waals surface area contributed by atoms with Gasteiger partial charge in [-0.1, -0.05) is 42.1 Å². The van der Waals surface area contributed by atoms with E-state index in [0.29, 0.717) is 17.3 Å². The summed E-state index contributed by atoms with van der Waals surface area (Å²) in [4.78, 5) is 11.4. The fourth-order valence-corrected chi connectivity index (χ4v) is 3.09. The van der Waals surface area contributed by atoms with E-state index >= 15 is 0 Å². The second-order valence-corrected chi connectivity index (χ2v) is 6.34. The zero-order valence-corrected chi connectivity index (χ0v) is 13.6. The first-order valence-electron chi connectivity index (χ1n) is 7.33. The van der Waals surface area contributed by atoms with E-state index in [4.69, 9.17) is 4.74 Å². The molecular weight excluding hydrogens is 342 g/mol. The Hall–Kier alpha value is -0.970. The molecular formula is C16H19BrF2O2. The molecule has 0 heterocycles. The Kier molecular flexibility index (Phi) is 5.36. The summed E-state index contributed by atoms with van der Waals surface area (Å²) in [6.45, 7) is 1.64. The molecule has 2 nitrogen and oxygen atoms in total. The lowest BCUT2D eigenvalue weighted by Crippen LogP contribution is -2.28. The molecule has 0 aliphatic heterocycles. The average Bonchev–Trinajstić information content (AvgIpc) is 2.49. The van der Waals surface area contributed by atoms with Gasteiger partial charge in [0.2, 0.25) is 0 Å². The van der Waals surface area contributed by atoms with Crippen LogP contribution in [0.15, 0.2) is 22.7 Å². The summed E-state index contributed by atoms with van der Waals surface area (Å²) < 4.78 is 35.3. The quantitative estimate of drug-likeness (QED) is 0.528. The normalized spacial score (nSPS) is 16.8. The van der Waals surface area contributed by atoms with Crippen LogP contribution >= 0.6 is 15.9 Å². The smallest absolute Gasteiger partial charge is 0.310 e. The molecule has 0 unspecified atom stereocenters. The summed E-state index contributed by atoms with van der Waals surface area (Å²) >= 11 is 3.22. The van der Waals surface area contributed by atoms with Gasteiger partial charge < -0.3 is 4.74 Å². The topological polar surface area (TPSA) is 26.3 Å². The van der Waals surface area contributed by atoms with Crippen LogP contribution in [0.2, 0.25) is 0 Å². The Labute approximate surface area is 132 Å². The van der Waals surface area contributed by atoms with E-state index in [9.17, 15) is 13.6 Å². The Bertz CT molecular complexity index is 511. The summed E-state index contributed by atoms with van der Waals surface area (Å²) in [7, 11) is 0. The van der Waals surface area contributed by atoms with Crippen LogP contribution in [0.1, 0.15) is 51.0 Å². The first-order chi connectivity index (χ1) is 9.95. The molecule has 1 aliphatic carbocycles. The van der Waals surface area contributed by atoms with Gasteiger partial charge in [-0.05, 0) is 31.0 Å². The van der Waals surface area contributed by atoms with E-state index in [1.807, 2.05) is 0 Å². The van der Waals surface area contributed by atoms with Crippen molar-refractivity contribution in [1.29, 1.82) is 0 Å². The van der Waals surface area contributed by atoms with Gasteiger partial charge in [-0.2, -0.15) is 0 Å². The molecule has 1 saturated carbocycles. The number of benzene rings is 1. The van der Waals surface area contributed by atoms with Gasteiger partial charge in [0.05, 0.1) is 5.56 Å². The molecule has 0 saturated heterocycles. The molecule has 0 amide bonds. The largest absolute Gasteiger partial charge is 0.426 e. The second kappa shape index (κ2) is 6.86. The third-order valence-electron chi connectivity index (χ3n) is 3.93. The van der Waals surface area contributed by atoms with Crippen LogP contribution in [0.3, 0.4) is 0 Å². The van der Waals surface area contributed by atoms with Crippen molar-refractivity contribution in [3.8, 4) is 5.75 Å². The minimum Gasteiger partial charge on any atom is -0.426 e. The van der Waals surface area contributed by atoms with Gasteiger partial charge in [0, 0.05) is 16.8 Å². The number of rotatable bonds is 4. The number of esters is 1. The molecule has 1 aromatic rings. The fraction of sp³-hybridized carbons (Fsp3) is 0.562. The van der Waals surface area contributed by atoms with Crippen molar-refractivity contribution >= 4 is 21.9 Å². The summed E-state index contributed by atoms with van der Waals surface area (Å²) in [5.74, 6) is -4.19. The highest BCUT2D eigenvalue weighted by atomic mass is 79.9. The molecule has 0 atom stereocenters. The van der Waals surface area contributed by atoms with Gasteiger partial charge in [0.15, 0.2) is 0 Å². The third kappa shape index (κ3) is 3.82. The Balaban J connectivity index is 2.35. The van der Waals surface area contributed by atoms with Gasteiger partial charge in [0.25, 0.3) is 5.92 Å². The molecule has 0 radical (unpaired) electrons. The lowest BCUT2D eigenvalue weighted by atomic mass is 9.82. The SMILES string of the molecule is CCC(=O)Oc1ccc(Br)cc1C(F)(F)C1CCCCC1. The fourth-order valence-electron chi connectivity index (χ4n) is 2.73. The molecule has 0 N–H and O–H groups in total. The van der Waals surface area contributed by atoms with E-state index in [0.717, 1.165) is 19.3 Å². The van der Waals surface area contributed by atoms with Gasteiger partial charge in [0.1, 0.15) is 5.75 Å². The van der Waals surface area contributed by atoms with E-state index in [-0.39, 0.29) is 17.7 Å². The average molecular weight is 361 g/mol. The monoisotopic (exact) mass is 360 g/mol. The lowest BCUT2D eigenvalue weighted by molar-refractivity contribution is -0.134. The highest BCUT2D eigenvalue weighted by Crippen LogP contribution is 2.47. The zero-order valence-electron chi connectivity index (χ0n) is 12.0. The van der Waals surface area contributed by atoms with E-state index < -0.39 is 17.8 Å². The van der Waals surface area contributed by atoms with E-state index in [2.05, 4.69) is 15.9 Å². The molecule has 21 heavy (non-hydrogen) atoms. The Morgan fingerprint density at radius 3 is 2.62 bits per heavy atom. The van der Waals surface area contributed by atoms with Crippen LogP contribution in [0.5, 0.6) is 5.75 Å². The molecule has 1 aliphatic rings. The van der Waals surface area contributed by atoms with E-state index in [1.165, 1.54) is 12.1 Å². The van der Waals surface area contributed by atoms with Crippen molar-refractivity contribution in [2.24, 2.45) is 5.92 Å². The molecule has 2 rings (SSSR count). The number of alkyl halides is 2. The maximum Gasteiger partial charge on any atom is 0.310 e. The Morgan fingerprint density at radius 2 is 2.00 bits per heavy atom. The lowest BCUT2D eigenvalue weighted by Gasteiger charge is -2.31. The number of hydrogen-bond acceptors (Lipinski definition) is 2. The van der Waals surface area contributed by atoms with Crippen LogP contribution in [-0.4, -0.2) is 5.97 Å². The van der Waals surface area contributed by atoms with Gasteiger partial charge in [-0.15, -0.1) is 0 Å². The van der Waals surface area contributed by atoms with Crippen LogP contribution in [0, 0.1) is 5.92 Å². The summed E-state index contributed by atoms with van der Waals surface area (Å²) in [5, 5.41) is 0. The predicted octanol–water partition coefficient (Wildman–Crippen LogP) is 5.44. The summed E-state index contributed by atoms with van der Waals surface area (Å²) in [6, 6.07) is 4.41. The summed E-state index contributed by atoms with van der Waals surface area (Å²) in [6.07, 6.45) is 3.87. The predicted molar refractivity (Wildman–Crippen MR) is 80.5 cm³/mol. The van der Waals surface area contributed by atoms with Crippen LogP contribution in [-0.2, 0) is 10.7 Å². The number of halogens is 3. The molecule has 0 spiro atoms. The van der Waals surface area contributed by atoms with Crippen molar-refractivity contribution < 1.29 is 18.3 Å². The number of ether oxygens (including phenoxy) is 1. The molecule has 1 aromatic carbocycles. The third-order valence-corrected chi connectivity index (χ3v) is 4.42. The minimum atomic E-state index is -2.98. The van der Waals surface area contributed by atoms with Crippen LogP contribution < -0.4 is 4.74 Å². The van der Waals surface area contributed by atoms with Gasteiger partial charge >= 0.3 is 5.97 Å². The summed E-state index contributed by atoms with van der Waals surface area (Å²) in [5.41, 5.74) is -0.189. The van der Waals surface area contributed by atoms with Crippen LogP contribution in [0.4, 0.5) is 8.78 Å². The standard InChI is InChI=1S/C16H19BrF2O2/c1-2-15(20)21-14-9-8-12(17)10-13(14)16(18,19)11-6-4-3-5-7-11/h8-11H,2-7H2,1H3. The van der Waals surface area contributed by atoms with E-state index in [1.54, 1.807) is 13.0 Å². The maximum atomic E-state index is 14.8. The highest BCUT2D eigenvalue weighted by Gasteiger charge is 2.44. The molecule has 5 heteroatoms. The second-order valence-electron chi connectivity index (χ2n) is 5.43. The molecule has 116 valence electrons. The van der Waals surface area contributed by atoms with Crippen molar-refractivity contribution in [2.75, 3.05) is 0 Å². The van der Waals surface area contributed by atoms with Crippen molar-refractivity contribution in [1.82, 2.24) is 0 Å². The number of carbonyl (C=O) groups is 1. The minimum absolute atomic E-state index is 0.0272. The van der Waals surface area contributed by atoms with Crippen molar-refractivity contribution in [2.45, 2.75) is 51.4 Å². The molecule has 1 fully saturated rings. The van der Waals surface area contributed by atoms with Crippen molar-refractivity contribution in [3.05, 3.63) is 28.2 Å². The Morgan fingerprint density at radius 1 is 1.33 bits per heavy atom. The van der Waals surface area contributed by atoms with Crippen LogP contribution in [0.25, 0.3) is 0 Å².